The van der Waals surface area contributed by atoms with Crippen molar-refractivity contribution >= 4 is 0 Å². The molecule has 0 spiro atoms. The van der Waals surface area contributed by atoms with Crippen LogP contribution >= 0.6 is 0 Å². The van der Waals surface area contributed by atoms with Crippen molar-refractivity contribution in [3.05, 3.63) is 30.2 Å². The van der Waals surface area contributed by atoms with Crippen molar-refractivity contribution in [3.8, 4) is 0 Å². The second-order valence-corrected chi connectivity index (χ2v) is 3.05. The Hall–Kier alpha value is -0.0526. The average Bonchev–Trinajstić information content (AvgIpc) is 1.87. The molecule has 0 rings (SSSR count). The standard InChI is InChI=1S/C11H19.Li/c1-5-7-11(4)9-6-8-10(2)3;/h7-8H,2,5-6,9H2,1,3-4H3;/q-1;+1/b10-8-,11-7+;. The van der Waals surface area contributed by atoms with E-state index in [0.29, 0.717) is 0 Å². The zero-order valence-electron chi connectivity index (χ0n) is 8.98. The first-order valence-electron chi connectivity index (χ1n) is 4.31. The fraction of sp³-hybridized carbons (Fsp3) is 0.545. The molecule has 0 N–H and O–H groups in total. The van der Waals surface area contributed by atoms with Crippen LogP contribution in [-0.4, -0.2) is 0 Å². The van der Waals surface area contributed by atoms with Gasteiger partial charge in [-0.1, -0.05) is 31.9 Å². The van der Waals surface area contributed by atoms with E-state index in [9.17, 15) is 0 Å². The molecule has 0 unspecified atom stereocenters. The van der Waals surface area contributed by atoms with Crippen LogP contribution in [0.25, 0.3) is 0 Å². The molecular formula is C11H19Li. The Morgan fingerprint density at radius 3 is 2.25 bits per heavy atom. The summed E-state index contributed by atoms with van der Waals surface area (Å²) < 4.78 is 0. The molecule has 0 aromatic carbocycles. The van der Waals surface area contributed by atoms with E-state index in [1.54, 1.807) is 0 Å². The fourth-order valence-electron chi connectivity index (χ4n) is 0.997. The van der Waals surface area contributed by atoms with Gasteiger partial charge in [-0.05, 0) is 19.8 Å². The summed E-state index contributed by atoms with van der Waals surface area (Å²) in [7, 11) is 0. The molecule has 0 aliphatic carbocycles. The van der Waals surface area contributed by atoms with Crippen LogP contribution < -0.4 is 18.9 Å². The van der Waals surface area contributed by atoms with Crippen LogP contribution in [0.5, 0.6) is 0 Å². The van der Waals surface area contributed by atoms with Crippen molar-refractivity contribution in [1.82, 2.24) is 0 Å². The topological polar surface area (TPSA) is 0 Å². The normalized spacial score (nSPS) is 12.6. The molecule has 0 fully saturated rings. The van der Waals surface area contributed by atoms with Crippen molar-refractivity contribution in [1.29, 1.82) is 0 Å². The molecule has 0 saturated carbocycles. The van der Waals surface area contributed by atoms with E-state index in [1.165, 1.54) is 17.6 Å². The molecule has 64 valence electrons. The van der Waals surface area contributed by atoms with Gasteiger partial charge in [0.1, 0.15) is 0 Å². The van der Waals surface area contributed by atoms with Gasteiger partial charge in [0, 0.05) is 0 Å². The van der Waals surface area contributed by atoms with Crippen molar-refractivity contribution in [3.63, 3.8) is 0 Å². The smallest absolute Gasteiger partial charge is 0.242 e. The zero-order chi connectivity index (χ0) is 8.69. The Labute approximate surface area is 89.3 Å². The summed E-state index contributed by atoms with van der Waals surface area (Å²) in [5.74, 6) is 0. The van der Waals surface area contributed by atoms with E-state index in [2.05, 4.69) is 32.9 Å². The minimum absolute atomic E-state index is 0. The van der Waals surface area contributed by atoms with E-state index in [4.69, 9.17) is 0 Å². The maximum atomic E-state index is 3.82. The van der Waals surface area contributed by atoms with Crippen molar-refractivity contribution < 1.29 is 18.9 Å². The molecule has 0 bridgehead atoms. The predicted molar refractivity (Wildman–Crippen MR) is 52.4 cm³/mol. The molecule has 0 aromatic heterocycles. The summed E-state index contributed by atoms with van der Waals surface area (Å²) in [6, 6.07) is 0. The summed E-state index contributed by atoms with van der Waals surface area (Å²) >= 11 is 0. The molecular weight excluding hydrogens is 139 g/mol. The summed E-state index contributed by atoms with van der Waals surface area (Å²) in [6.07, 6.45) is 7.94. The van der Waals surface area contributed by atoms with Crippen LogP contribution in [0.3, 0.4) is 0 Å². The maximum Gasteiger partial charge on any atom is 1.00 e. The van der Waals surface area contributed by atoms with Crippen LogP contribution in [0.1, 0.15) is 40.0 Å². The quantitative estimate of drug-likeness (QED) is 0.324. The minimum Gasteiger partial charge on any atom is -0.242 e. The monoisotopic (exact) mass is 158 g/mol. The third-order valence-electron chi connectivity index (χ3n) is 1.58. The van der Waals surface area contributed by atoms with Crippen LogP contribution in [0, 0.1) is 6.92 Å². The molecule has 0 saturated heterocycles. The van der Waals surface area contributed by atoms with E-state index in [1.807, 2.05) is 6.92 Å². The molecule has 0 aliphatic heterocycles. The Kier molecular flexibility index (Phi) is 10.9. The first-order chi connectivity index (χ1) is 5.16. The Morgan fingerprint density at radius 2 is 1.83 bits per heavy atom. The fourth-order valence-corrected chi connectivity index (χ4v) is 0.997. The average molecular weight is 158 g/mol. The molecule has 1 heteroatoms. The van der Waals surface area contributed by atoms with Crippen molar-refractivity contribution in [2.75, 3.05) is 0 Å². The number of rotatable bonds is 4. The minimum atomic E-state index is 0. The third kappa shape index (κ3) is 9.95. The van der Waals surface area contributed by atoms with Gasteiger partial charge in [0.2, 0.25) is 0 Å². The first kappa shape index (κ1) is 14.5. The van der Waals surface area contributed by atoms with Gasteiger partial charge in [-0.3, -0.25) is 0 Å². The molecule has 0 aliphatic rings. The van der Waals surface area contributed by atoms with Gasteiger partial charge in [0.25, 0.3) is 0 Å². The number of hydrogen-bond donors (Lipinski definition) is 0. The van der Waals surface area contributed by atoms with Gasteiger partial charge in [-0.2, -0.15) is 0 Å². The van der Waals surface area contributed by atoms with Gasteiger partial charge >= 0.3 is 18.9 Å². The van der Waals surface area contributed by atoms with Crippen LogP contribution in [0.2, 0.25) is 0 Å². The number of hydrogen-bond acceptors (Lipinski definition) is 0. The predicted octanol–water partition coefficient (Wildman–Crippen LogP) is 0.907. The largest absolute Gasteiger partial charge is 1.00 e. The maximum absolute atomic E-state index is 3.82. The molecule has 0 amide bonds. The van der Waals surface area contributed by atoms with Crippen LogP contribution in [-0.2, 0) is 0 Å². The van der Waals surface area contributed by atoms with E-state index >= 15 is 0 Å². The Bertz CT molecular complexity index is 150. The van der Waals surface area contributed by atoms with Crippen molar-refractivity contribution in [2.45, 2.75) is 40.0 Å². The van der Waals surface area contributed by atoms with E-state index < -0.39 is 0 Å². The summed E-state index contributed by atoms with van der Waals surface area (Å²) in [4.78, 5) is 0. The van der Waals surface area contributed by atoms with Crippen LogP contribution in [0.15, 0.2) is 23.3 Å². The SMILES string of the molecule is [CH2-]/C(C)=C/CC/C(C)=C/CC.[Li+]. The molecule has 0 atom stereocenters. The van der Waals surface area contributed by atoms with Gasteiger partial charge in [0.15, 0.2) is 0 Å². The zero-order valence-corrected chi connectivity index (χ0v) is 8.98. The summed E-state index contributed by atoms with van der Waals surface area (Å²) in [5.41, 5.74) is 2.67. The molecule has 12 heavy (non-hydrogen) atoms. The first-order valence-corrected chi connectivity index (χ1v) is 4.31. The van der Waals surface area contributed by atoms with Gasteiger partial charge in [-0.15, -0.1) is 0 Å². The summed E-state index contributed by atoms with van der Waals surface area (Å²) in [5, 5.41) is 0. The Morgan fingerprint density at radius 1 is 1.25 bits per heavy atom. The molecule has 0 heterocycles. The third-order valence-corrected chi connectivity index (χ3v) is 1.58. The van der Waals surface area contributed by atoms with Gasteiger partial charge in [0.05, 0.1) is 0 Å². The van der Waals surface area contributed by atoms with Crippen LogP contribution in [0.4, 0.5) is 0 Å². The number of allylic oxidation sites excluding steroid dienone is 4. The van der Waals surface area contributed by atoms with Gasteiger partial charge < -0.3 is 0 Å². The molecule has 0 nitrogen and oxygen atoms in total. The Balaban J connectivity index is 0. The summed E-state index contributed by atoms with van der Waals surface area (Å²) in [6.45, 7) is 10.2. The van der Waals surface area contributed by atoms with E-state index in [-0.39, 0.29) is 18.9 Å². The van der Waals surface area contributed by atoms with Crippen molar-refractivity contribution in [2.24, 2.45) is 0 Å². The molecule has 0 aromatic rings. The second-order valence-electron chi connectivity index (χ2n) is 3.05. The van der Waals surface area contributed by atoms with Gasteiger partial charge in [-0.25, -0.2) is 18.6 Å². The van der Waals surface area contributed by atoms with E-state index in [0.717, 1.165) is 12.8 Å². The molecule has 0 radical (unpaired) electrons. The second kappa shape index (κ2) is 9.04.